The molecule has 0 amide bonds. The number of methoxy groups -OCH3 is 1. The normalized spacial score (nSPS) is 18.3. The largest absolute Gasteiger partial charge is 0.495 e. The van der Waals surface area contributed by atoms with Crippen molar-refractivity contribution < 1.29 is 4.74 Å². The number of benzene rings is 2. The number of halogens is 1. The molecule has 104 valence electrons. The Labute approximate surface area is 128 Å². The highest BCUT2D eigenvalue weighted by molar-refractivity contribution is 9.10. The fourth-order valence-electron chi connectivity index (χ4n) is 2.90. The van der Waals surface area contributed by atoms with Crippen LogP contribution in [0.3, 0.4) is 0 Å². The summed E-state index contributed by atoms with van der Waals surface area (Å²) in [7, 11) is 1.74. The Kier molecular flexibility index (Phi) is 3.97. The molecule has 1 heterocycles. The lowest BCUT2D eigenvalue weighted by Gasteiger charge is -2.21. The van der Waals surface area contributed by atoms with E-state index in [4.69, 9.17) is 4.74 Å². The summed E-state index contributed by atoms with van der Waals surface area (Å²) in [6, 6.07) is 16.9. The summed E-state index contributed by atoms with van der Waals surface area (Å²) in [6.45, 7) is 2.13. The van der Waals surface area contributed by atoms with Gasteiger partial charge in [-0.3, -0.25) is 0 Å². The third kappa shape index (κ3) is 2.68. The monoisotopic (exact) mass is 331 g/mol. The first-order valence-electron chi connectivity index (χ1n) is 6.91. The van der Waals surface area contributed by atoms with Gasteiger partial charge in [-0.25, -0.2) is 0 Å². The Balaban J connectivity index is 1.80. The quantitative estimate of drug-likeness (QED) is 0.823. The molecule has 0 N–H and O–H groups in total. The SMILES string of the molecule is COc1ccccc1N1CCC(c2cccc(Br)c2)C1. The van der Waals surface area contributed by atoms with Crippen molar-refractivity contribution in [1.29, 1.82) is 0 Å². The van der Waals surface area contributed by atoms with E-state index >= 15 is 0 Å². The Hall–Kier alpha value is -1.48. The Morgan fingerprint density at radius 3 is 2.80 bits per heavy atom. The third-order valence-electron chi connectivity index (χ3n) is 3.93. The van der Waals surface area contributed by atoms with E-state index in [0.29, 0.717) is 5.92 Å². The Morgan fingerprint density at radius 2 is 2.00 bits per heavy atom. The van der Waals surface area contributed by atoms with Crippen molar-refractivity contribution in [2.75, 3.05) is 25.1 Å². The average molecular weight is 332 g/mol. The van der Waals surface area contributed by atoms with Gasteiger partial charge < -0.3 is 9.64 Å². The molecule has 0 spiro atoms. The third-order valence-corrected chi connectivity index (χ3v) is 4.43. The van der Waals surface area contributed by atoms with Crippen LogP contribution in [0.15, 0.2) is 53.0 Å². The van der Waals surface area contributed by atoms with Gasteiger partial charge in [0.05, 0.1) is 12.8 Å². The lowest BCUT2D eigenvalue weighted by atomic mass is 9.99. The molecule has 2 nitrogen and oxygen atoms in total. The summed E-state index contributed by atoms with van der Waals surface area (Å²) in [5.74, 6) is 1.56. The van der Waals surface area contributed by atoms with Crippen molar-refractivity contribution in [1.82, 2.24) is 0 Å². The maximum atomic E-state index is 5.47. The number of anilines is 1. The minimum atomic E-state index is 0.595. The van der Waals surface area contributed by atoms with Crippen molar-refractivity contribution in [3.63, 3.8) is 0 Å². The Morgan fingerprint density at radius 1 is 1.15 bits per heavy atom. The van der Waals surface area contributed by atoms with Crippen LogP contribution in [0.5, 0.6) is 5.75 Å². The molecule has 1 fully saturated rings. The summed E-state index contributed by atoms with van der Waals surface area (Å²) in [6.07, 6.45) is 1.19. The summed E-state index contributed by atoms with van der Waals surface area (Å²) in [5.41, 5.74) is 2.62. The lowest BCUT2D eigenvalue weighted by Crippen LogP contribution is -2.19. The Bertz CT molecular complexity index is 599. The molecule has 1 saturated heterocycles. The topological polar surface area (TPSA) is 12.5 Å². The first kappa shape index (κ1) is 13.5. The van der Waals surface area contributed by atoms with Crippen LogP contribution in [-0.2, 0) is 0 Å². The van der Waals surface area contributed by atoms with Gasteiger partial charge >= 0.3 is 0 Å². The second-order valence-electron chi connectivity index (χ2n) is 5.16. The molecule has 1 atom stereocenters. The zero-order chi connectivity index (χ0) is 13.9. The van der Waals surface area contributed by atoms with E-state index < -0.39 is 0 Å². The van der Waals surface area contributed by atoms with Crippen LogP contribution in [0.2, 0.25) is 0 Å². The van der Waals surface area contributed by atoms with Gasteiger partial charge in [0.25, 0.3) is 0 Å². The summed E-state index contributed by atoms with van der Waals surface area (Å²) in [5, 5.41) is 0. The zero-order valence-corrected chi connectivity index (χ0v) is 13.1. The molecule has 3 heteroatoms. The van der Waals surface area contributed by atoms with Gasteiger partial charge in [0.1, 0.15) is 5.75 Å². The van der Waals surface area contributed by atoms with Crippen molar-refractivity contribution in [3.05, 3.63) is 58.6 Å². The highest BCUT2D eigenvalue weighted by Gasteiger charge is 2.25. The van der Waals surface area contributed by atoms with Crippen LogP contribution >= 0.6 is 15.9 Å². The van der Waals surface area contributed by atoms with Gasteiger partial charge in [-0.1, -0.05) is 40.2 Å². The van der Waals surface area contributed by atoms with Gasteiger partial charge in [0.15, 0.2) is 0 Å². The molecule has 1 aliphatic rings. The van der Waals surface area contributed by atoms with Crippen LogP contribution in [0.4, 0.5) is 5.69 Å². The van der Waals surface area contributed by atoms with E-state index in [1.807, 2.05) is 12.1 Å². The summed E-state index contributed by atoms with van der Waals surface area (Å²) >= 11 is 3.56. The van der Waals surface area contributed by atoms with Crippen molar-refractivity contribution >= 4 is 21.6 Å². The fourth-order valence-corrected chi connectivity index (χ4v) is 3.32. The van der Waals surface area contributed by atoms with E-state index in [1.165, 1.54) is 17.7 Å². The average Bonchev–Trinajstić information content (AvgIpc) is 2.97. The van der Waals surface area contributed by atoms with Crippen LogP contribution < -0.4 is 9.64 Å². The summed E-state index contributed by atoms with van der Waals surface area (Å²) in [4.78, 5) is 2.42. The molecule has 1 unspecified atom stereocenters. The lowest BCUT2D eigenvalue weighted by molar-refractivity contribution is 0.415. The highest BCUT2D eigenvalue weighted by atomic mass is 79.9. The van der Waals surface area contributed by atoms with Gasteiger partial charge in [-0.15, -0.1) is 0 Å². The maximum absolute atomic E-state index is 5.47. The fraction of sp³-hybridized carbons (Fsp3) is 0.294. The molecule has 3 rings (SSSR count). The molecule has 0 radical (unpaired) electrons. The smallest absolute Gasteiger partial charge is 0.142 e. The van der Waals surface area contributed by atoms with Gasteiger partial charge in [-0.05, 0) is 36.2 Å². The molecule has 0 saturated carbocycles. The van der Waals surface area contributed by atoms with Gasteiger partial charge in [0, 0.05) is 23.5 Å². The predicted molar refractivity (Wildman–Crippen MR) is 86.7 cm³/mol. The standard InChI is InChI=1S/C17H18BrNO/c1-20-17-8-3-2-7-16(17)19-10-9-14(12-19)13-5-4-6-15(18)11-13/h2-8,11,14H,9-10,12H2,1H3. The van der Waals surface area contributed by atoms with Gasteiger partial charge in [0.2, 0.25) is 0 Å². The van der Waals surface area contributed by atoms with Crippen molar-refractivity contribution in [2.24, 2.45) is 0 Å². The molecule has 2 aromatic rings. The minimum absolute atomic E-state index is 0.595. The molecule has 0 aromatic heterocycles. The van der Waals surface area contributed by atoms with Crippen molar-refractivity contribution in [2.45, 2.75) is 12.3 Å². The minimum Gasteiger partial charge on any atom is -0.495 e. The molecule has 20 heavy (non-hydrogen) atoms. The van der Waals surface area contributed by atoms with Crippen LogP contribution in [0.25, 0.3) is 0 Å². The molecule has 0 bridgehead atoms. The number of nitrogens with zero attached hydrogens (tertiary/aromatic N) is 1. The van der Waals surface area contributed by atoms with E-state index in [1.54, 1.807) is 7.11 Å². The molecule has 2 aromatic carbocycles. The van der Waals surface area contributed by atoms with E-state index in [0.717, 1.165) is 23.3 Å². The summed E-state index contributed by atoms with van der Waals surface area (Å²) < 4.78 is 6.63. The van der Waals surface area contributed by atoms with Crippen molar-refractivity contribution in [3.8, 4) is 5.75 Å². The zero-order valence-electron chi connectivity index (χ0n) is 11.6. The predicted octanol–water partition coefficient (Wildman–Crippen LogP) is 4.45. The number of para-hydroxylation sites is 2. The van der Waals surface area contributed by atoms with Gasteiger partial charge in [-0.2, -0.15) is 0 Å². The number of ether oxygens (including phenoxy) is 1. The number of rotatable bonds is 3. The van der Waals surface area contributed by atoms with E-state index in [-0.39, 0.29) is 0 Å². The number of hydrogen-bond donors (Lipinski definition) is 0. The molecular weight excluding hydrogens is 314 g/mol. The first-order valence-corrected chi connectivity index (χ1v) is 7.70. The second kappa shape index (κ2) is 5.88. The molecule has 0 aliphatic carbocycles. The first-order chi connectivity index (χ1) is 9.78. The van der Waals surface area contributed by atoms with E-state index in [9.17, 15) is 0 Å². The second-order valence-corrected chi connectivity index (χ2v) is 6.07. The highest BCUT2D eigenvalue weighted by Crippen LogP contribution is 2.35. The van der Waals surface area contributed by atoms with Crippen LogP contribution in [0.1, 0.15) is 17.9 Å². The molecular formula is C17H18BrNO. The van der Waals surface area contributed by atoms with Crippen LogP contribution in [0, 0.1) is 0 Å². The van der Waals surface area contributed by atoms with Crippen LogP contribution in [-0.4, -0.2) is 20.2 Å². The maximum Gasteiger partial charge on any atom is 0.142 e. The molecule has 1 aliphatic heterocycles. The van der Waals surface area contributed by atoms with E-state index in [2.05, 4.69) is 57.2 Å². The number of hydrogen-bond acceptors (Lipinski definition) is 2.